The Hall–Kier alpha value is -2.64. The molecule has 0 saturated carbocycles. The van der Waals surface area contributed by atoms with Crippen molar-refractivity contribution in [2.75, 3.05) is 5.73 Å². The molecule has 0 atom stereocenters. The van der Waals surface area contributed by atoms with Gasteiger partial charge in [-0.15, -0.1) is 0 Å². The summed E-state index contributed by atoms with van der Waals surface area (Å²) < 4.78 is 56.8. The van der Waals surface area contributed by atoms with Gasteiger partial charge in [-0.25, -0.2) is 27.3 Å². The Morgan fingerprint density at radius 2 is 1.86 bits per heavy atom. The van der Waals surface area contributed by atoms with Gasteiger partial charge in [0.2, 0.25) is 0 Å². The third-order valence-electron chi connectivity index (χ3n) is 2.54. The molecule has 1 aromatic heterocycles. The number of pyridine rings is 1. The minimum absolute atomic E-state index is 0.175. The number of anilines is 1. The van der Waals surface area contributed by atoms with Crippen LogP contribution in [-0.2, 0) is 11.3 Å². The second-order valence-corrected chi connectivity index (χ2v) is 4.01. The molecule has 0 radical (unpaired) electrons. The summed E-state index contributed by atoms with van der Waals surface area (Å²) in [6.45, 7) is -0.314. The number of nitrogens with zero attached hydrogens (tertiary/aromatic N) is 1. The van der Waals surface area contributed by atoms with Crippen LogP contribution in [0.25, 0.3) is 0 Å². The van der Waals surface area contributed by atoms with E-state index in [1.165, 1.54) is 18.3 Å². The molecule has 110 valence electrons. The quantitative estimate of drug-likeness (QED) is 0.409. The number of nitrogens with two attached hydrogens (primary N) is 1. The fourth-order valence-electron chi connectivity index (χ4n) is 1.53. The zero-order valence-electron chi connectivity index (χ0n) is 10.4. The van der Waals surface area contributed by atoms with Crippen LogP contribution in [0, 0.1) is 23.3 Å². The van der Waals surface area contributed by atoms with E-state index in [1.807, 2.05) is 0 Å². The van der Waals surface area contributed by atoms with Crippen molar-refractivity contribution in [2.45, 2.75) is 6.61 Å². The fraction of sp³-hybridized carbons (Fsp3) is 0.0769. The van der Waals surface area contributed by atoms with E-state index < -0.39 is 34.8 Å². The van der Waals surface area contributed by atoms with E-state index in [2.05, 4.69) is 9.72 Å². The van der Waals surface area contributed by atoms with Crippen LogP contribution >= 0.6 is 0 Å². The Bertz CT molecular complexity index is 707. The average Bonchev–Trinajstić information content (AvgIpc) is 2.46. The Morgan fingerprint density at radius 1 is 1.14 bits per heavy atom. The first-order valence-electron chi connectivity index (χ1n) is 5.60. The molecule has 0 saturated heterocycles. The second kappa shape index (κ2) is 5.78. The van der Waals surface area contributed by atoms with Gasteiger partial charge in [0.1, 0.15) is 18.0 Å². The number of nitrogen functional groups attached to an aromatic ring is 1. The van der Waals surface area contributed by atoms with Crippen LogP contribution in [0.3, 0.4) is 0 Å². The molecule has 0 spiro atoms. The number of carbonyl (C=O) groups excluding carboxylic acids is 1. The molecule has 1 heterocycles. The molecule has 0 aliphatic heterocycles. The van der Waals surface area contributed by atoms with E-state index in [0.717, 1.165) is 0 Å². The predicted octanol–water partition coefficient (Wildman–Crippen LogP) is 2.58. The lowest BCUT2D eigenvalue weighted by atomic mass is 10.2. The average molecular weight is 300 g/mol. The van der Waals surface area contributed by atoms with E-state index in [0.29, 0.717) is 5.56 Å². The molecular formula is C13H8F4N2O2. The van der Waals surface area contributed by atoms with Gasteiger partial charge in [0.25, 0.3) is 0 Å². The van der Waals surface area contributed by atoms with Crippen LogP contribution in [-0.4, -0.2) is 11.0 Å². The highest BCUT2D eigenvalue weighted by Crippen LogP contribution is 2.20. The number of hydrogen-bond donors (Lipinski definition) is 1. The molecule has 1 aromatic carbocycles. The number of esters is 1. The maximum Gasteiger partial charge on any atom is 0.341 e. The fourth-order valence-corrected chi connectivity index (χ4v) is 1.53. The first-order chi connectivity index (χ1) is 9.90. The van der Waals surface area contributed by atoms with Gasteiger partial charge in [-0.05, 0) is 23.8 Å². The van der Waals surface area contributed by atoms with Gasteiger partial charge in [0.05, 0.1) is 0 Å². The summed E-state index contributed by atoms with van der Waals surface area (Å²) in [6, 6.07) is 3.11. The normalized spacial score (nSPS) is 10.5. The molecule has 0 fully saturated rings. The largest absolute Gasteiger partial charge is 0.457 e. The Labute approximate surface area is 116 Å². The minimum atomic E-state index is -2.07. The smallest absolute Gasteiger partial charge is 0.341 e. The van der Waals surface area contributed by atoms with Gasteiger partial charge in [-0.2, -0.15) is 0 Å². The van der Waals surface area contributed by atoms with Crippen molar-refractivity contribution in [3.05, 3.63) is 58.8 Å². The second-order valence-electron chi connectivity index (χ2n) is 4.01. The number of halogens is 4. The lowest BCUT2D eigenvalue weighted by molar-refractivity contribution is 0.0465. The molecule has 2 aromatic rings. The molecular weight excluding hydrogens is 292 g/mol. The van der Waals surface area contributed by atoms with Crippen molar-refractivity contribution in [1.82, 2.24) is 4.98 Å². The summed E-state index contributed by atoms with van der Waals surface area (Å²) in [7, 11) is 0. The number of benzene rings is 1. The van der Waals surface area contributed by atoms with Gasteiger partial charge in [-0.1, -0.05) is 0 Å². The summed E-state index contributed by atoms with van der Waals surface area (Å²) >= 11 is 0. The highest BCUT2D eigenvalue weighted by molar-refractivity contribution is 5.89. The van der Waals surface area contributed by atoms with Crippen LogP contribution in [0.5, 0.6) is 0 Å². The Morgan fingerprint density at radius 3 is 2.52 bits per heavy atom. The van der Waals surface area contributed by atoms with Gasteiger partial charge in [0, 0.05) is 6.20 Å². The number of carbonyl (C=O) groups is 1. The number of ether oxygens (including phenoxy) is 1. The van der Waals surface area contributed by atoms with Crippen LogP contribution < -0.4 is 5.73 Å². The summed E-state index contributed by atoms with van der Waals surface area (Å²) in [5.41, 5.74) is 4.81. The molecule has 0 unspecified atom stereocenters. The van der Waals surface area contributed by atoms with Crippen molar-refractivity contribution in [3.63, 3.8) is 0 Å². The van der Waals surface area contributed by atoms with Crippen molar-refractivity contribution in [1.29, 1.82) is 0 Å². The van der Waals surface area contributed by atoms with Crippen LogP contribution in [0.4, 0.5) is 23.4 Å². The molecule has 21 heavy (non-hydrogen) atoms. The summed E-state index contributed by atoms with van der Waals surface area (Å²) in [5, 5.41) is 0. The highest BCUT2D eigenvalue weighted by atomic mass is 19.2. The summed E-state index contributed by atoms with van der Waals surface area (Å²) in [5.74, 6) is -8.72. The van der Waals surface area contributed by atoms with Crippen LogP contribution in [0.15, 0.2) is 24.4 Å². The zero-order valence-corrected chi connectivity index (χ0v) is 10.4. The lowest BCUT2D eigenvalue weighted by Gasteiger charge is -2.07. The third kappa shape index (κ3) is 3.10. The molecule has 0 aliphatic carbocycles. The molecule has 0 amide bonds. The van der Waals surface area contributed by atoms with E-state index >= 15 is 0 Å². The van der Waals surface area contributed by atoms with E-state index in [1.54, 1.807) is 0 Å². The molecule has 4 nitrogen and oxygen atoms in total. The van der Waals surface area contributed by atoms with Crippen molar-refractivity contribution >= 4 is 11.8 Å². The van der Waals surface area contributed by atoms with Crippen LogP contribution in [0.2, 0.25) is 0 Å². The van der Waals surface area contributed by atoms with E-state index in [-0.39, 0.29) is 18.5 Å². The molecule has 8 heteroatoms. The number of aromatic nitrogens is 1. The van der Waals surface area contributed by atoms with Gasteiger partial charge in [0.15, 0.2) is 23.3 Å². The van der Waals surface area contributed by atoms with E-state index in [4.69, 9.17) is 5.73 Å². The van der Waals surface area contributed by atoms with Gasteiger partial charge < -0.3 is 10.5 Å². The predicted molar refractivity (Wildman–Crippen MR) is 64.0 cm³/mol. The maximum absolute atomic E-state index is 13.4. The standard InChI is InChI=1S/C13H8F4N2O2/c14-8-4-7(10(15)12(17)11(8)16)13(20)21-5-6-1-2-19-9(18)3-6/h1-4H,5H2,(H2,18,19). The lowest BCUT2D eigenvalue weighted by Crippen LogP contribution is -2.11. The highest BCUT2D eigenvalue weighted by Gasteiger charge is 2.23. The monoisotopic (exact) mass is 300 g/mol. The number of rotatable bonds is 3. The third-order valence-corrected chi connectivity index (χ3v) is 2.54. The van der Waals surface area contributed by atoms with Crippen molar-refractivity contribution in [3.8, 4) is 0 Å². The zero-order chi connectivity index (χ0) is 15.6. The number of hydrogen-bond acceptors (Lipinski definition) is 4. The summed E-state index contributed by atoms with van der Waals surface area (Å²) in [4.78, 5) is 15.3. The molecule has 0 aliphatic rings. The SMILES string of the molecule is Nc1cc(COC(=O)c2cc(F)c(F)c(F)c2F)ccn1. The van der Waals surface area contributed by atoms with Gasteiger partial charge >= 0.3 is 5.97 Å². The Balaban J connectivity index is 2.18. The maximum atomic E-state index is 13.4. The minimum Gasteiger partial charge on any atom is -0.457 e. The van der Waals surface area contributed by atoms with Crippen molar-refractivity contribution in [2.24, 2.45) is 0 Å². The van der Waals surface area contributed by atoms with Crippen molar-refractivity contribution < 1.29 is 27.1 Å². The topological polar surface area (TPSA) is 65.2 Å². The van der Waals surface area contributed by atoms with Gasteiger partial charge in [-0.3, -0.25) is 0 Å². The molecule has 2 rings (SSSR count). The van der Waals surface area contributed by atoms with E-state index in [9.17, 15) is 22.4 Å². The first kappa shape index (κ1) is 14.8. The first-order valence-corrected chi connectivity index (χ1v) is 5.60. The Kier molecular flexibility index (Phi) is 4.06. The summed E-state index contributed by atoms with van der Waals surface area (Å²) in [6.07, 6.45) is 1.36. The molecule has 0 bridgehead atoms. The molecule has 2 N–H and O–H groups in total. The van der Waals surface area contributed by atoms with Crippen LogP contribution in [0.1, 0.15) is 15.9 Å².